The first kappa shape index (κ1) is 47.0. The zero-order chi connectivity index (χ0) is 52.7. The van der Waals surface area contributed by atoms with Crippen LogP contribution < -0.4 is 9.80 Å². The fourth-order valence-electron chi connectivity index (χ4n) is 13.2. The summed E-state index contributed by atoms with van der Waals surface area (Å²) in [5.74, 6) is 0. The summed E-state index contributed by atoms with van der Waals surface area (Å²) in [5, 5.41) is 9.82. The van der Waals surface area contributed by atoms with Gasteiger partial charge in [-0.05, 0) is 159 Å². The molecule has 372 valence electrons. The molecule has 0 spiro atoms. The molecule has 0 bridgehead atoms. The Balaban J connectivity index is 0.952. The molecule has 0 N–H and O–H groups in total. The van der Waals surface area contributed by atoms with E-state index in [2.05, 4.69) is 299 Å². The fraction of sp³-hybridized carbons (Fsp3) is 0.0789. The summed E-state index contributed by atoms with van der Waals surface area (Å²) in [4.78, 5) is 4.92. The van der Waals surface area contributed by atoms with Gasteiger partial charge in [-0.1, -0.05) is 241 Å². The molecule has 0 saturated heterocycles. The lowest BCUT2D eigenvalue weighted by Crippen LogP contribution is -2.18. The fourth-order valence-corrected chi connectivity index (χ4v) is 13.2. The number of rotatable bonds is 10. The van der Waals surface area contributed by atoms with Gasteiger partial charge in [0.1, 0.15) is 0 Å². The summed E-state index contributed by atoms with van der Waals surface area (Å²) in [7, 11) is 0. The number of allylic oxidation sites excluding steroid dienone is 4. The number of nitrogens with zero attached hydrogens (tertiary/aromatic N) is 2. The smallest absolute Gasteiger partial charge is 0.0540 e. The van der Waals surface area contributed by atoms with Crippen LogP contribution in [0.4, 0.5) is 28.4 Å². The summed E-state index contributed by atoms with van der Waals surface area (Å²) in [6, 6.07) is 90.3. The average Bonchev–Trinajstić information content (AvgIpc) is 4.06. The molecule has 0 radical (unpaired) electrons. The molecule has 12 aromatic rings. The van der Waals surface area contributed by atoms with Gasteiger partial charge < -0.3 is 9.80 Å². The molecule has 0 aliphatic heterocycles. The lowest BCUT2D eigenvalue weighted by molar-refractivity contribution is 0.660. The topological polar surface area (TPSA) is 6.48 Å². The molecule has 2 aliphatic rings. The number of para-hydroxylation sites is 1. The lowest BCUT2D eigenvalue weighted by Gasteiger charge is -2.30. The lowest BCUT2D eigenvalue weighted by atomic mass is 9.82. The van der Waals surface area contributed by atoms with Gasteiger partial charge in [0, 0.05) is 39.1 Å². The van der Waals surface area contributed by atoms with Gasteiger partial charge in [0.05, 0.1) is 11.4 Å². The molecule has 14 rings (SSSR count). The van der Waals surface area contributed by atoms with Crippen LogP contribution in [0.3, 0.4) is 0 Å². The number of hydrogen-bond donors (Lipinski definition) is 0. The van der Waals surface area contributed by atoms with Gasteiger partial charge in [0.25, 0.3) is 0 Å². The van der Waals surface area contributed by atoms with Gasteiger partial charge >= 0.3 is 0 Å². The third kappa shape index (κ3) is 7.39. The van der Waals surface area contributed by atoms with E-state index in [4.69, 9.17) is 0 Å². The van der Waals surface area contributed by atoms with Crippen LogP contribution in [0.15, 0.2) is 274 Å². The van der Waals surface area contributed by atoms with Gasteiger partial charge in [-0.3, -0.25) is 0 Å². The van der Waals surface area contributed by atoms with E-state index >= 15 is 0 Å². The second-order valence-corrected chi connectivity index (χ2v) is 22.1. The molecule has 0 aromatic heterocycles. The Bertz CT molecular complexity index is 4440. The normalized spacial score (nSPS) is 13.9. The Morgan fingerprint density at radius 2 is 0.859 bits per heavy atom. The molecule has 0 unspecified atom stereocenters. The van der Waals surface area contributed by atoms with Crippen molar-refractivity contribution in [1.82, 2.24) is 0 Å². The maximum Gasteiger partial charge on any atom is 0.0540 e. The molecular formula is C76H58N2. The van der Waals surface area contributed by atoms with Crippen molar-refractivity contribution in [3.8, 4) is 33.4 Å². The molecule has 12 aromatic carbocycles. The third-order valence-electron chi connectivity index (χ3n) is 17.0. The van der Waals surface area contributed by atoms with Crippen molar-refractivity contribution >= 4 is 77.2 Å². The number of hydrogen-bond acceptors (Lipinski definition) is 2. The molecule has 78 heavy (non-hydrogen) atoms. The highest BCUT2D eigenvalue weighted by atomic mass is 15.2. The van der Waals surface area contributed by atoms with Gasteiger partial charge in [-0.15, -0.1) is 0 Å². The highest BCUT2D eigenvalue weighted by molar-refractivity contribution is 6.32. The second kappa shape index (κ2) is 18.4. The highest BCUT2D eigenvalue weighted by Gasteiger charge is 2.37. The van der Waals surface area contributed by atoms with Crippen molar-refractivity contribution in [3.63, 3.8) is 0 Å². The van der Waals surface area contributed by atoms with E-state index in [1.54, 1.807) is 0 Å². The average molecular weight is 999 g/mol. The van der Waals surface area contributed by atoms with Gasteiger partial charge in [-0.25, -0.2) is 0 Å². The summed E-state index contributed by atoms with van der Waals surface area (Å²) in [6.07, 6.45) is 8.15. The minimum Gasteiger partial charge on any atom is -0.310 e. The maximum atomic E-state index is 4.01. The molecule has 0 atom stereocenters. The Hall–Kier alpha value is -9.50. The molecule has 0 fully saturated rings. The van der Waals surface area contributed by atoms with Crippen LogP contribution in [0, 0.1) is 0 Å². The third-order valence-corrected chi connectivity index (χ3v) is 17.0. The van der Waals surface area contributed by atoms with Crippen molar-refractivity contribution in [1.29, 1.82) is 0 Å². The maximum absolute atomic E-state index is 4.01. The Morgan fingerprint density at radius 1 is 0.372 bits per heavy atom. The van der Waals surface area contributed by atoms with Crippen LogP contribution >= 0.6 is 0 Å². The SMILES string of the molecule is C=C/C=C\C=C(/c1ccccc1)N(c1ccc2c(c1)C(C)(C)c1ccccc1-2)c1ccc2c(ccc3c4ccc(N(c5ccc6c(c5)C(C)(C)c5ccccc5-6)c5ccccc5-c5ccccc5)cc4c4ccccc4c23)c1. The zero-order valence-electron chi connectivity index (χ0n) is 44.5. The van der Waals surface area contributed by atoms with Crippen LogP contribution in [0.1, 0.15) is 55.5 Å². The van der Waals surface area contributed by atoms with Crippen molar-refractivity contribution in [2.24, 2.45) is 0 Å². The summed E-state index contributed by atoms with van der Waals surface area (Å²) in [5.41, 5.74) is 20.5. The van der Waals surface area contributed by atoms with Crippen molar-refractivity contribution in [2.75, 3.05) is 9.80 Å². The minimum absolute atomic E-state index is 0.150. The predicted molar refractivity (Wildman–Crippen MR) is 334 cm³/mol. The van der Waals surface area contributed by atoms with E-state index in [0.717, 1.165) is 39.7 Å². The first-order valence-corrected chi connectivity index (χ1v) is 27.3. The summed E-state index contributed by atoms with van der Waals surface area (Å²) in [6.45, 7) is 13.5. The van der Waals surface area contributed by atoms with E-state index in [-0.39, 0.29) is 10.8 Å². The Kier molecular flexibility index (Phi) is 11.1. The highest BCUT2D eigenvalue weighted by Crippen LogP contribution is 2.54. The van der Waals surface area contributed by atoms with Crippen LogP contribution in [0.25, 0.3) is 82.2 Å². The van der Waals surface area contributed by atoms with Crippen LogP contribution in [-0.2, 0) is 10.8 Å². The molecule has 0 heterocycles. The summed E-state index contributed by atoms with van der Waals surface area (Å²) < 4.78 is 0. The van der Waals surface area contributed by atoms with E-state index in [9.17, 15) is 0 Å². The van der Waals surface area contributed by atoms with E-state index in [1.807, 2.05) is 12.2 Å². The quantitative estimate of drug-likeness (QED) is 0.0995. The second-order valence-electron chi connectivity index (χ2n) is 22.1. The van der Waals surface area contributed by atoms with Crippen molar-refractivity contribution < 1.29 is 0 Å². The predicted octanol–water partition coefficient (Wildman–Crippen LogP) is 21.0. The van der Waals surface area contributed by atoms with Crippen molar-refractivity contribution in [3.05, 3.63) is 301 Å². The van der Waals surface area contributed by atoms with Gasteiger partial charge in [0.15, 0.2) is 0 Å². The van der Waals surface area contributed by atoms with Crippen molar-refractivity contribution in [2.45, 2.75) is 38.5 Å². The van der Waals surface area contributed by atoms with E-state index < -0.39 is 0 Å². The molecule has 0 saturated carbocycles. The molecule has 0 amide bonds. The molecular weight excluding hydrogens is 941 g/mol. The standard InChI is InChI=1S/C76H58N2/c1-6-7-10-34-72(51-25-13-9-14-26-51)77(55-39-44-63-61-29-17-20-32-68(61)75(2,3)70(63)48-55)53-37-42-58-52(46-53)36-41-66-60-43-38-54(47-67(60)59-28-15-16-31-65(59)74(58)66)78(73-35-22-19-27-57(73)50-23-11-8-12-24-50)56-40-45-64-62-30-18-21-33-69(62)76(4,5)71(64)49-56/h6-49H,1H2,2-5H3/b10-7-,72-34+. The van der Waals surface area contributed by atoms with Gasteiger partial charge in [0.2, 0.25) is 0 Å². The number of anilines is 5. The van der Waals surface area contributed by atoms with Crippen LogP contribution in [-0.4, -0.2) is 0 Å². The van der Waals surface area contributed by atoms with E-state index in [0.29, 0.717) is 0 Å². The molecule has 2 heteroatoms. The molecule has 2 nitrogen and oxygen atoms in total. The van der Waals surface area contributed by atoms with Crippen LogP contribution in [0.2, 0.25) is 0 Å². The first-order valence-electron chi connectivity index (χ1n) is 27.3. The summed E-state index contributed by atoms with van der Waals surface area (Å²) >= 11 is 0. The van der Waals surface area contributed by atoms with Gasteiger partial charge in [-0.2, -0.15) is 0 Å². The number of benzene rings is 12. The largest absolute Gasteiger partial charge is 0.310 e. The molecule has 2 aliphatic carbocycles. The monoisotopic (exact) mass is 998 g/mol. The number of fused-ring (bicyclic) bond motifs is 14. The Labute approximate surface area is 457 Å². The zero-order valence-corrected chi connectivity index (χ0v) is 44.5. The van der Waals surface area contributed by atoms with E-state index in [1.165, 1.54) is 98.7 Å². The minimum atomic E-state index is -0.156. The first-order chi connectivity index (χ1) is 38.2. The Morgan fingerprint density at radius 3 is 1.56 bits per heavy atom. The van der Waals surface area contributed by atoms with Crippen LogP contribution in [0.5, 0.6) is 0 Å².